The van der Waals surface area contributed by atoms with Crippen molar-refractivity contribution in [1.29, 1.82) is 0 Å². The number of aryl methyl sites for hydroxylation is 1. The molecular weight excluding hydrogens is 496 g/mol. The number of hydrogen-bond donors (Lipinski definition) is 2. The first-order chi connectivity index (χ1) is 17.5. The highest BCUT2D eigenvalue weighted by atomic mass is 35.5. The van der Waals surface area contributed by atoms with Crippen molar-refractivity contribution in [1.82, 2.24) is 30.2 Å². The van der Waals surface area contributed by atoms with E-state index < -0.39 is 0 Å². The zero-order valence-electron chi connectivity index (χ0n) is 20.0. The molecule has 2 bridgehead atoms. The third-order valence-electron chi connectivity index (χ3n) is 6.61. The maximum Gasteiger partial charge on any atom is 0.226 e. The average Bonchev–Trinajstić information content (AvgIpc) is 3.44. The summed E-state index contributed by atoms with van der Waals surface area (Å²) in [6.07, 6.45) is 7.63. The summed E-state index contributed by atoms with van der Waals surface area (Å²) >= 11 is 7.69. The quantitative estimate of drug-likeness (QED) is 0.355. The second-order valence-electron chi connectivity index (χ2n) is 9.10. The predicted octanol–water partition coefficient (Wildman–Crippen LogP) is 4.54. The molecule has 2 atom stereocenters. The summed E-state index contributed by atoms with van der Waals surface area (Å²) in [5.41, 5.74) is 4.77. The largest absolute Gasteiger partial charge is 0.494 e. The highest BCUT2D eigenvalue weighted by Crippen LogP contribution is 2.37. The van der Waals surface area contributed by atoms with E-state index in [0.717, 1.165) is 51.8 Å². The number of ether oxygens (including phenoxy) is 1. The molecule has 0 saturated carbocycles. The van der Waals surface area contributed by atoms with E-state index in [2.05, 4.69) is 42.0 Å². The number of pyridine rings is 2. The van der Waals surface area contributed by atoms with Crippen molar-refractivity contribution in [2.45, 2.75) is 31.8 Å². The number of fused-ring (bicyclic) bond motifs is 3. The molecule has 9 nitrogen and oxygen atoms in total. The molecule has 2 fully saturated rings. The molecule has 2 N–H and O–H groups in total. The SMILES string of the molecule is C=C(Nc1nc2cnc(N3CC4CCC(C3)N4)nc2s1)c1cnc(C)cc1-c1cc(Cl)ncc1OC. The molecule has 11 heteroatoms. The van der Waals surface area contributed by atoms with Crippen LogP contribution >= 0.6 is 22.9 Å². The van der Waals surface area contributed by atoms with Gasteiger partial charge in [0.15, 0.2) is 9.96 Å². The van der Waals surface area contributed by atoms with Crippen LogP contribution in [0.4, 0.5) is 11.1 Å². The highest BCUT2D eigenvalue weighted by molar-refractivity contribution is 7.21. The van der Waals surface area contributed by atoms with E-state index in [-0.39, 0.29) is 0 Å². The van der Waals surface area contributed by atoms with Gasteiger partial charge in [0.25, 0.3) is 0 Å². The van der Waals surface area contributed by atoms with Crippen LogP contribution in [0, 0.1) is 6.92 Å². The number of hydrogen-bond acceptors (Lipinski definition) is 10. The van der Waals surface area contributed by atoms with Crippen molar-refractivity contribution in [3.05, 3.63) is 53.7 Å². The molecule has 6 rings (SSSR count). The van der Waals surface area contributed by atoms with Crippen LogP contribution in [-0.4, -0.2) is 57.2 Å². The molecule has 2 saturated heterocycles. The molecule has 6 heterocycles. The maximum atomic E-state index is 6.21. The lowest BCUT2D eigenvalue weighted by Crippen LogP contribution is -2.51. The summed E-state index contributed by atoms with van der Waals surface area (Å²) in [5, 5.41) is 8.06. The molecular formula is C25H25ClN8OS. The fourth-order valence-electron chi connectivity index (χ4n) is 4.90. The third kappa shape index (κ3) is 4.36. The van der Waals surface area contributed by atoms with Crippen molar-refractivity contribution < 1.29 is 4.74 Å². The molecule has 0 aliphatic carbocycles. The summed E-state index contributed by atoms with van der Waals surface area (Å²) in [7, 11) is 1.61. The van der Waals surface area contributed by atoms with Crippen molar-refractivity contribution in [3.63, 3.8) is 0 Å². The van der Waals surface area contributed by atoms with E-state index in [9.17, 15) is 0 Å². The Balaban J connectivity index is 1.28. The van der Waals surface area contributed by atoms with Crippen LogP contribution in [0.1, 0.15) is 24.1 Å². The second-order valence-corrected chi connectivity index (χ2v) is 10.5. The lowest BCUT2D eigenvalue weighted by Gasteiger charge is -2.32. The average molecular weight is 521 g/mol. The Labute approximate surface area is 217 Å². The van der Waals surface area contributed by atoms with E-state index in [1.165, 1.54) is 24.2 Å². The Morgan fingerprint density at radius 2 is 1.92 bits per heavy atom. The normalized spacial score (nSPS) is 19.0. The number of halogens is 1. The number of piperazine rings is 1. The molecule has 184 valence electrons. The van der Waals surface area contributed by atoms with E-state index in [1.54, 1.807) is 31.8 Å². The van der Waals surface area contributed by atoms with Gasteiger partial charge in [-0.2, -0.15) is 4.98 Å². The van der Waals surface area contributed by atoms with Gasteiger partial charge in [0.05, 0.1) is 19.5 Å². The minimum absolute atomic E-state index is 0.378. The van der Waals surface area contributed by atoms with Crippen LogP contribution < -0.4 is 20.3 Å². The van der Waals surface area contributed by atoms with Crippen LogP contribution in [0.2, 0.25) is 5.15 Å². The van der Waals surface area contributed by atoms with Crippen molar-refractivity contribution in [3.8, 4) is 16.9 Å². The number of nitrogens with one attached hydrogen (secondary N) is 2. The smallest absolute Gasteiger partial charge is 0.226 e. The van der Waals surface area contributed by atoms with Crippen LogP contribution in [0.25, 0.3) is 27.2 Å². The predicted molar refractivity (Wildman–Crippen MR) is 144 cm³/mol. The van der Waals surface area contributed by atoms with Crippen LogP contribution in [0.5, 0.6) is 5.75 Å². The van der Waals surface area contributed by atoms with Gasteiger partial charge in [0.2, 0.25) is 5.95 Å². The molecule has 36 heavy (non-hydrogen) atoms. The van der Waals surface area contributed by atoms with Crippen LogP contribution in [-0.2, 0) is 0 Å². The van der Waals surface area contributed by atoms with E-state index >= 15 is 0 Å². The van der Waals surface area contributed by atoms with Crippen LogP contribution in [0.15, 0.2) is 37.3 Å². The Hall–Kier alpha value is -3.34. The Morgan fingerprint density at radius 1 is 1.11 bits per heavy atom. The van der Waals surface area contributed by atoms with Crippen molar-refractivity contribution >= 4 is 50.1 Å². The first-order valence-corrected chi connectivity index (χ1v) is 12.9. The first-order valence-electron chi connectivity index (χ1n) is 11.7. The number of thiazole rings is 1. The Kier molecular flexibility index (Phi) is 5.94. The molecule has 0 spiro atoms. The lowest BCUT2D eigenvalue weighted by atomic mass is 9.99. The molecule has 4 aromatic heterocycles. The van der Waals surface area contributed by atoms with Gasteiger partial charge < -0.3 is 20.3 Å². The monoisotopic (exact) mass is 520 g/mol. The molecule has 0 amide bonds. The van der Waals surface area contributed by atoms with Gasteiger partial charge in [-0.15, -0.1) is 0 Å². The number of methoxy groups -OCH3 is 1. The molecule has 4 aromatic rings. The molecule has 0 aromatic carbocycles. The Morgan fingerprint density at radius 3 is 2.69 bits per heavy atom. The third-order valence-corrected chi connectivity index (χ3v) is 7.69. The minimum atomic E-state index is 0.378. The molecule has 2 aliphatic rings. The van der Waals surface area contributed by atoms with Gasteiger partial charge in [-0.25, -0.2) is 15.0 Å². The van der Waals surface area contributed by atoms with Gasteiger partial charge in [-0.1, -0.05) is 29.5 Å². The standard InChI is InChI=1S/C25H25ClN8OS/c1-13-6-17(18-7-22(26)28-10-21(18)35-3)19(8-27-13)14(2)30-25-32-20-9-29-24(33-23(20)36-25)34-11-15-4-5-16(12-34)31-15/h6-10,15-16,31H,2,4-5,11-12H2,1,3H3,(H,30,32). The zero-order chi connectivity index (χ0) is 24.8. The van der Waals surface area contributed by atoms with E-state index in [1.807, 2.05) is 13.0 Å². The maximum absolute atomic E-state index is 6.21. The highest BCUT2D eigenvalue weighted by Gasteiger charge is 2.33. The van der Waals surface area contributed by atoms with Gasteiger partial charge in [0.1, 0.15) is 16.4 Å². The summed E-state index contributed by atoms with van der Waals surface area (Å²) in [6.45, 7) is 8.09. The van der Waals surface area contributed by atoms with Crippen LogP contribution in [0.3, 0.4) is 0 Å². The molecule has 2 unspecified atom stereocenters. The summed E-state index contributed by atoms with van der Waals surface area (Å²) < 4.78 is 5.54. The first kappa shape index (κ1) is 23.1. The van der Waals surface area contributed by atoms with Gasteiger partial charge in [-0.05, 0) is 37.5 Å². The molecule has 2 aliphatic heterocycles. The summed E-state index contributed by atoms with van der Waals surface area (Å²) in [4.78, 5) is 25.9. The van der Waals surface area contributed by atoms with E-state index in [4.69, 9.17) is 21.3 Å². The number of aromatic nitrogens is 5. The van der Waals surface area contributed by atoms with E-state index in [0.29, 0.717) is 33.8 Å². The van der Waals surface area contributed by atoms with Gasteiger partial charge >= 0.3 is 0 Å². The van der Waals surface area contributed by atoms with Gasteiger partial charge in [-0.3, -0.25) is 4.98 Å². The Bertz CT molecular complexity index is 1460. The lowest BCUT2D eigenvalue weighted by molar-refractivity contribution is 0.414. The molecule has 0 radical (unpaired) electrons. The topological polar surface area (TPSA) is 101 Å². The summed E-state index contributed by atoms with van der Waals surface area (Å²) in [6, 6.07) is 4.81. The minimum Gasteiger partial charge on any atom is -0.494 e. The number of anilines is 2. The number of rotatable bonds is 6. The fraction of sp³-hybridized carbons (Fsp3) is 0.320. The second kappa shape index (κ2) is 9.27. The zero-order valence-corrected chi connectivity index (χ0v) is 21.5. The fourth-order valence-corrected chi connectivity index (χ4v) is 5.89. The summed E-state index contributed by atoms with van der Waals surface area (Å²) in [5.74, 6) is 1.38. The van der Waals surface area contributed by atoms with Crippen molar-refractivity contribution in [2.75, 3.05) is 30.4 Å². The van der Waals surface area contributed by atoms with Crippen molar-refractivity contribution in [2.24, 2.45) is 0 Å². The van der Waals surface area contributed by atoms with Gasteiger partial charge in [0, 0.05) is 53.9 Å². The number of nitrogens with zero attached hydrogens (tertiary/aromatic N) is 6.